The Labute approximate surface area is 119 Å². The van der Waals surface area contributed by atoms with E-state index in [9.17, 15) is 9.90 Å². The Balaban J connectivity index is 2.24. The summed E-state index contributed by atoms with van der Waals surface area (Å²) in [5.74, 6) is -0.324. The summed E-state index contributed by atoms with van der Waals surface area (Å²) >= 11 is 2.22. The van der Waals surface area contributed by atoms with Crippen molar-refractivity contribution >= 4 is 34.2 Å². The highest BCUT2D eigenvalue weighted by Gasteiger charge is 2.11. The average Bonchev–Trinajstić information content (AvgIpc) is 2.33. The number of hydrogen-bond donors (Lipinski definition) is 2. The van der Waals surface area contributed by atoms with Crippen LogP contribution in [0, 0.1) is 10.5 Å². The first-order valence-corrected chi connectivity index (χ1v) is 6.51. The van der Waals surface area contributed by atoms with Crippen molar-refractivity contribution in [2.24, 2.45) is 0 Å². The molecule has 0 radical (unpaired) electrons. The van der Waals surface area contributed by atoms with Crippen LogP contribution in [0.4, 0.5) is 5.69 Å². The molecule has 4 heteroatoms. The van der Waals surface area contributed by atoms with E-state index in [1.54, 1.807) is 18.2 Å². The number of rotatable bonds is 2. The van der Waals surface area contributed by atoms with E-state index in [4.69, 9.17) is 0 Å². The summed E-state index contributed by atoms with van der Waals surface area (Å²) in [6, 6.07) is 12.3. The van der Waals surface area contributed by atoms with Gasteiger partial charge in [0.25, 0.3) is 5.91 Å². The maximum Gasteiger partial charge on any atom is 0.259 e. The van der Waals surface area contributed by atoms with Gasteiger partial charge in [-0.3, -0.25) is 4.79 Å². The highest BCUT2D eigenvalue weighted by atomic mass is 127. The van der Waals surface area contributed by atoms with Gasteiger partial charge >= 0.3 is 0 Å². The molecule has 2 aromatic rings. The minimum Gasteiger partial charge on any atom is -0.507 e. The van der Waals surface area contributed by atoms with Crippen LogP contribution in [0.15, 0.2) is 42.5 Å². The minimum absolute atomic E-state index is 0.0156. The topological polar surface area (TPSA) is 49.3 Å². The van der Waals surface area contributed by atoms with E-state index < -0.39 is 0 Å². The number of para-hydroxylation sites is 1. The lowest BCUT2D eigenvalue weighted by Gasteiger charge is -2.09. The standard InChI is InChI=1S/C14H12INO2/c1-9-8-10(15)6-7-12(9)16-14(18)11-4-2-3-5-13(11)17/h2-8,17H,1H3,(H,16,18). The normalized spacial score (nSPS) is 10.1. The number of amides is 1. The monoisotopic (exact) mass is 353 g/mol. The first kappa shape index (κ1) is 12.9. The third-order valence-electron chi connectivity index (χ3n) is 2.59. The van der Waals surface area contributed by atoms with Crippen molar-refractivity contribution < 1.29 is 9.90 Å². The molecule has 0 spiro atoms. The number of phenols is 1. The zero-order valence-corrected chi connectivity index (χ0v) is 11.9. The molecule has 2 rings (SSSR count). The fourth-order valence-electron chi connectivity index (χ4n) is 1.62. The van der Waals surface area contributed by atoms with E-state index in [-0.39, 0.29) is 17.2 Å². The van der Waals surface area contributed by atoms with Crippen LogP contribution in [0.1, 0.15) is 15.9 Å². The van der Waals surface area contributed by atoms with E-state index in [2.05, 4.69) is 27.9 Å². The molecule has 0 fully saturated rings. The molecule has 0 unspecified atom stereocenters. The first-order chi connectivity index (χ1) is 8.58. The van der Waals surface area contributed by atoms with Crippen LogP contribution in [0.25, 0.3) is 0 Å². The van der Waals surface area contributed by atoms with E-state index in [1.807, 2.05) is 25.1 Å². The van der Waals surface area contributed by atoms with Crippen molar-refractivity contribution in [3.05, 3.63) is 57.2 Å². The smallest absolute Gasteiger partial charge is 0.259 e. The predicted molar refractivity (Wildman–Crippen MR) is 80.0 cm³/mol. The zero-order chi connectivity index (χ0) is 13.1. The molecule has 18 heavy (non-hydrogen) atoms. The van der Waals surface area contributed by atoms with Crippen LogP contribution in [0.5, 0.6) is 5.75 Å². The molecule has 0 saturated carbocycles. The number of halogens is 1. The maximum absolute atomic E-state index is 12.0. The molecule has 2 aromatic carbocycles. The molecule has 0 aliphatic carbocycles. The lowest BCUT2D eigenvalue weighted by atomic mass is 10.1. The van der Waals surface area contributed by atoms with Crippen LogP contribution >= 0.6 is 22.6 Å². The number of hydrogen-bond acceptors (Lipinski definition) is 2. The Kier molecular flexibility index (Phi) is 3.86. The van der Waals surface area contributed by atoms with Crippen molar-refractivity contribution in [1.82, 2.24) is 0 Å². The van der Waals surface area contributed by atoms with Gasteiger partial charge < -0.3 is 10.4 Å². The van der Waals surface area contributed by atoms with Gasteiger partial charge in [0.1, 0.15) is 5.75 Å². The van der Waals surface area contributed by atoms with Crippen LogP contribution in [-0.2, 0) is 0 Å². The molecule has 0 saturated heterocycles. The molecule has 1 amide bonds. The van der Waals surface area contributed by atoms with Gasteiger partial charge in [0.15, 0.2) is 0 Å². The third-order valence-corrected chi connectivity index (χ3v) is 3.26. The summed E-state index contributed by atoms with van der Waals surface area (Å²) in [5.41, 5.74) is 2.02. The van der Waals surface area contributed by atoms with Crippen molar-refractivity contribution in [2.45, 2.75) is 6.92 Å². The van der Waals surface area contributed by atoms with E-state index >= 15 is 0 Å². The SMILES string of the molecule is Cc1cc(I)ccc1NC(=O)c1ccccc1O. The second-order valence-corrected chi connectivity index (χ2v) is 5.18. The number of aromatic hydroxyl groups is 1. The lowest BCUT2D eigenvalue weighted by molar-refractivity contribution is 0.102. The van der Waals surface area contributed by atoms with Crippen molar-refractivity contribution in [3.8, 4) is 5.75 Å². The van der Waals surface area contributed by atoms with Crippen LogP contribution < -0.4 is 5.32 Å². The molecule has 0 heterocycles. The van der Waals surface area contributed by atoms with Gasteiger partial charge in [-0.25, -0.2) is 0 Å². The van der Waals surface area contributed by atoms with Crippen LogP contribution in [0.3, 0.4) is 0 Å². The molecular formula is C14H12INO2. The molecule has 0 atom stereocenters. The van der Waals surface area contributed by atoms with Gasteiger partial charge in [-0.05, 0) is 65.4 Å². The minimum atomic E-state index is -0.308. The second kappa shape index (κ2) is 5.39. The van der Waals surface area contributed by atoms with Gasteiger partial charge in [-0.2, -0.15) is 0 Å². The number of anilines is 1. The van der Waals surface area contributed by atoms with Gasteiger partial charge in [0.05, 0.1) is 5.56 Å². The fraction of sp³-hybridized carbons (Fsp3) is 0.0714. The number of carbonyl (C=O) groups is 1. The van der Waals surface area contributed by atoms with E-state index in [0.717, 1.165) is 14.8 Å². The van der Waals surface area contributed by atoms with Gasteiger partial charge in [-0.15, -0.1) is 0 Å². The summed E-state index contributed by atoms with van der Waals surface area (Å²) in [4.78, 5) is 12.0. The number of phenolic OH excluding ortho intramolecular Hbond substituents is 1. The summed E-state index contributed by atoms with van der Waals surface area (Å²) in [5, 5.41) is 12.4. The summed E-state index contributed by atoms with van der Waals surface area (Å²) < 4.78 is 1.12. The van der Waals surface area contributed by atoms with Crippen LogP contribution in [0.2, 0.25) is 0 Å². The molecule has 0 aliphatic rings. The average molecular weight is 353 g/mol. The third kappa shape index (κ3) is 2.81. The summed E-state index contributed by atoms with van der Waals surface area (Å²) in [6.07, 6.45) is 0. The van der Waals surface area contributed by atoms with Crippen molar-refractivity contribution in [1.29, 1.82) is 0 Å². The Morgan fingerprint density at radius 3 is 2.61 bits per heavy atom. The zero-order valence-electron chi connectivity index (χ0n) is 9.77. The molecule has 0 aliphatic heterocycles. The summed E-state index contributed by atoms with van der Waals surface area (Å²) in [6.45, 7) is 1.93. The van der Waals surface area contributed by atoms with E-state index in [0.29, 0.717) is 0 Å². The number of carbonyl (C=O) groups excluding carboxylic acids is 1. The quantitative estimate of drug-likeness (QED) is 0.812. The fourth-order valence-corrected chi connectivity index (χ4v) is 2.27. The van der Waals surface area contributed by atoms with Gasteiger partial charge in [-0.1, -0.05) is 12.1 Å². The largest absolute Gasteiger partial charge is 0.507 e. The van der Waals surface area contributed by atoms with Gasteiger partial charge in [0, 0.05) is 9.26 Å². The highest BCUT2D eigenvalue weighted by Crippen LogP contribution is 2.21. The molecule has 0 bridgehead atoms. The molecular weight excluding hydrogens is 341 g/mol. The van der Waals surface area contributed by atoms with Crippen molar-refractivity contribution in [3.63, 3.8) is 0 Å². The Hall–Kier alpha value is -1.56. The number of nitrogens with one attached hydrogen (secondary N) is 1. The first-order valence-electron chi connectivity index (χ1n) is 5.43. The highest BCUT2D eigenvalue weighted by molar-refractivity contribution is 14.1. The molecule has 0 aromatic heterocycles. The van der Waals surface area contributed by atoms with E-state index in [1.165, 1.54) is 6.07 Å². The predicted octanol–water partition coefficient (Wildman–Crippen LogP) is 3.56. The number of aryl methyl sites for hydroxylation is 1. The molecule has 2 N–H and O–H groups in total. The second-order valence-electron chi connectivity index (χ2n) is 3.93. The summed E-state index contributed by atoms with van der Waals surface area (Å²) in [7, 11) is 0. The molecule has 3 nitrogen and oxygen atoms in total. The lowest BCUT2D eigenvalue weighted by Crippen LogP contribution is -2.12. The Bertz CT molecular complexity index is 596. The maximum atomic E-state index is 12.0. The van der Waals surface area contributed by atoms with Gasteiger partial charge in [0.2, 0.25) is 0 Å². The Morgan fingerprint density at radius 2 is 1.94 bits per heavy atom. The van der Waals surface area contributed by atoms with Crippen LogP contribution in [-0.4, -0.2) is 11.0 Å². The molecule has 92 valence electrons. The Morgan fingerprint density at radius 1 is 1.22 bits per heavy atom. The van der Waals surface area contributed by atoms with Crippen molar-refractivity contribution in [2.75, 3.05) is 5.32 Å². The number of benzene rings is 2.